The number of hydrogen-bond acceptors (Lipinski definition) is 4. The van der Waals surface area contributed by atoms with E-state index in [4.69, 9.17) is 16.6 Å². The summed E-state index contributed by atoms with van der Waals surface area (Å²) in [5.74, 6) is -2.66. The lowest BCUT2D eigenvalue weighted by atomic mass is 10.1. The van der Waals surface area contributed by atoms with Gasteiger partial charge < -0.3 is 26.8 Å². The van der Waals surface area contributed by atoms with Crippen molar-refractivity contribution in [1.82, 2.24) is 10.2 Å². The van der Waals surface area contributed by atoms with Crippen LogP contribution >= 0.6 is 0 Å². The average Bonchev–Trinajstić information content (AvgIpc) is 2.30. The van der Waals surface area contributed by atoms with Crippen LogP contribution in [0.25, 0.3) is 0 Å². The van der Waals surface area contributed by atoms with E-state index in [1.807, 2.05) is 0 Å². The van der Waals surface area contributed by atoms with E-state index in [0.29, 0.717) is 0 Å². The van der Waals surface area contributed by atoms with Crippen molar-refractivity contribution < 1.29 is 24.3 Å². The number of rotatable bonds is 8. The van der Waals surface area contributed by atoms with Crippen LogP contribution in [-0.2, 0) is 14.4 Å². The Kier molecular flexibility index (Phi) is 6.94. The molecule has 0 aliphatic heterocycles. The van der Waals surface area contributed by atoms with Gasteiger partial charge in [-0.25, -0.2) is 9.59 Å². The van der Waals surface area contributed by atoms with Gasteiger partial charge in [0, 0.05) is 13.0 Å². The van der Waals surface area contributed by atoms with Crippen molar-refractivity contribution in [3.05, 3.63) is 0 Å². The van der Waals surface area contributed by atoms with Crippen molar-refractivity contribution in [3.8, 4) is 0 Å². The smallest absolute Gasteiger partial charge is 0.326 e. The highest BCUT2D eigenvalue weighted by Crippen LogP contribution is 1.99. The third kappa shape index (κ3) is 6.86. The highest BCUT2D eigenvalue weighted by atomic mass is 16.4. The molecule has 0 aliphatic carbocycles. The van der Waals surface area contributed by atoms with Crippen LogP contribution in [0, 0.1) is 0 Å². The molecule has 108 valence electrons. The molecule has 6 N–H and O–H groups in total. The first-order chi connectivity index (χ1) is 8.77. The Morgan fingerprint density at radius 2 is 1.79 bits per heavy atom. The Labute approximate surface area is 109 Å². The number of carbonyl (C=O) groups excluding carboxylic acids is 3. The highest BCUT2D eigenvalue weighted by molar-refractivity contribution is 5.86. The Bertz CT molecular complexity index is 371. The van der Waals surface area contributed by atoms with Gasteiger partial charge in [-0.2, -0.15) is 0 Å². The Morgan fingerprint density at radius 3 is 2.16 bits per heavy atom. The summed E-state index contributed by atoms with van der Waals surface area (Å²) in [4.78, 5) is 45.0. The van der Waals surface area contributed by atoms with E-state index < -0.39 is 29.9 Å². The third-order valence-corrected chi connectivity index (χ3v) is 2.29. The van der Waals surface area contributed by atoms with Crippen molar-refractivity contribution in [2.24, 2.45) is 11.5 Å². The second-order valence-corrected chi connectivity index (χ2v) is 3.83. The standard InChI is InChI=1S/C10H18N4O5/c1-2-14(5-8(12)16)10(19)13-6(9(17)18)3-4-7(11)15/h6H,2-5H2,1H3,(H2,11,15)(H2,12,16)(H,13,19)(H,17,18). The van der Waals surface area contributed by atoms with E-state index in [1.165, 1.54) is 0 Å². The Morgan fingerprint density at radius 1 is 1.21 bits per heavy atom. The molecule has 0 heterocycles. The maximum Gasteiger partial charge on any atom is 0.326 e. The normalized spacial score (nSPS) is 11.4. The van der Waals surface area contributed by atoms with Gasteiger partial charge in [-0.05, 0) is 13.3 Å². The minimum Gasteiger partial charge on any atom is -0.480 e. The van der Waals surface area contributed by atoms with Crippen molar-refractivity contribution >= 4 is 23.8 Å². The molecule has 0 saturated heterocycles. The van der Waals surface area contributed by atoms with E-state index in [-0.39, 0.29) is 25.9 Å². The summed E-state index contributed by atoms with van der Waals surface area (Å²) in [6.07, 6.45) is -0.288. The number of carboxylic acids is 1. The monoisotopic (exact) mass is 274 g/mol. The van der Waals surface area contributed by atoms with Crippen molar-refractivity contribution in [3.63, 3.8) is 0 Å². The number of nitrogens with zero attached hydrogens (tertiary/aromatic N) is 1. The lowest BCUT2D eigenvalue weighted by Crippen LogP contribution is -2.50. The molecule has 1 atom stereocenters. The van der Waals surface area contributed by atoms with Gasteiger partial charge in [-0.15, -0.1) is 0 Å². The minimum absolute atomic E-state index is 0.121. The molecule has 0 aliphatic rings. The molecule has 0 fully saturated rings. The number of likely N-dealkylation sites (N-methyl/N-ethyl adjacent to an activating group) is 1. The number of hydrogen-bond donors (Lipinski definition) is 4. The predicted molar refractivity (Wildman–Crippen MR) is 64.8 cm³/mol. The fourth-order valence-corrected chi connectivity index (χ4v) is 1.30. The molecule has 0 radical (unpaired) electrons. The Hall–Kier alpha value is -2.32. The number of amides is 4. The van der Waals surface area contributed by atoms with Gasteiger partial charge in [-0.1, -0.05) is 0 Å². The first-order valence-electron chi connectivity index (χ1n) is 5.62. The molecule has 9 nitrogen and oxygen atoms in total. The van der Waals surface area contributed by atoms with Crippen molar-refractivity contribution in [2.75, 3.05) is 13.1 Å². The second kappa shape index (κ2) is 7.90. The molecule has 19 heavy (non-hydrogen) atoms. The molecule has 0 spiro atoms. The lowest BCUT2D eigenvalue weighted by Gasteiger charge is -2.22. The van der Waals surface area contributed by atoms with Crippen molar-refractivity contribution in [2.45, 2.75) is 25.8 Å². The first-order valence-corrected chi connectivity index (χ1v) is 5.62. The number of urea groups is 1. The molecule has 0 aromatic heterocycles. The summed E-state index contributed by atoms with van der Waals surface area (Å²) in [5.41, 5.74) is 9.87. The van der Waals surface area contributed by atoms with Gasteiger partial charge in [0.25, 0.3) is 0 Å². The molecule has 0 aromatic carbocycles. The minimum atomic E-state index is -1.29. The SMILES string of the molecule is CCN(CC(N)=O)C(=O)NC(CCC(N)=O)C(=O)O. The van der Waals surface area contributed by atoms with Crippen LogP contribution < -0.4 is 16.8 Å². The summed E-state index contributed by atoms with van der Waals surface area (Å²) in [6, 6.07) is -1.99. The summed E-state index contributed by atoms with van der Waals surface area (Å²) >= 11 is 0. The van der Waals surface area contributed by atoms with Gasteiger partial charge in [0.1, 0.15) is 12.6 Å². The molecule has 9 heteroatoms. The number of aliphatic carboxylic acids is 1. The average molecular weight is 274 g/mol. The van der Waals surface area contributed by atoms with Gasteiger partial charge in [0.2, 0.25) is 11.8 Å². The van der Waals surface area contributed by atoms with Crippen LogP contribution in [0.4, 0.5) is 4.79 Å². The molecular formula is C10H18N4O5. The molecule has 0 saturated carbocycles. The summed E-state index contributed by atoms with van der Waals surface area (Å²) in [7, 11) is 0. The topological polar surface area (TPSA) is 156 Å². The van der Waals surface area contributed by atoms with E-state index in [1.54, 1.807) is 6.92 Å². The molecule has 0 bridgehead atoms. The number of carbonyl (C=O) groups is 4. The second-order valence-electron chi connectivity index (χ2n) is 3.83. The van der Waals surface area contributed by atoms with E-state index in [2.05, 4.69) is 5.32 Å². The van der Waals surface area contributed by atoms with E-state index in [0.717, 1.165) is 4.90 Å². The molecule has 4 amide bonds. The number of carboxylic acid groups (broad SMARTS) is 1. The van der Waals surface area contributed by atoms with Gasteiger partial charge in [0.15, 0.2) is 0 Å². The van der Waals surface area contributed by atoms with Crippen LogP contribution in [0.15, 0.2) is 0 Å². The van der Waals surface area contributed by atoms with Crippen LogP contribution in [0.5, 0.6) is 0 Å². The van der Waals surface area contributed by atoms with E-state index >= 15 is 0 Å². The largest absolute Gasteiger partial charge is 0.480 e. The van der Waals surface area contributed by atoms with Crippen LogP contribution in [0.3, 0.4) is 0 Å². The fourth-order valence-electron chi connectivity index (χ4n) is 1.30. The van der Waals surface area contributed by atoms with Gasteiger partial charge in [-0.3, -0.25) is 9.59 Å². The van der Waals surface area contributed by atoms with Crippen LogP contribution in [0.1, 0.15) is 19.8 Å². The molecule has 0 rings (SSSR count). The zero-order chi connectivity index (χ0) is 15.0. The Balaban J connectivity index is 4.55. The first kappa shape index (κ1) is 16.7. The van der Waals surface area contributed by atoms with Crippen molar-refractivity contribution in [1.29, 1.82) is 0 Å². The zero-order valence-electron chi connectivity index (χ0n) is 10.6. The number of nitrogens with two attached hydrogens (primary N) is 2. The third-order valence-electron chi connectivity index (χ3n) is 2.29. The zero-order valence-corrected chi connectivity index (χ0v) is 10.6. The summed E-state index contributed by atoms with van der Waals surface area (Å²) in [6.45, 7) is 1.49. The van der Waals surface area contributed by atoms with Crippen LogP contribution in [-0.4, -0.2) is 53.0 Å². The lowest BCUT2D eigenvalue weighted by molar-refractivity contribution is -0.139. The van der Waals surface area contributed by atoms with E-state index in [9.17, 15) is 19.2 Å². The molecule has 1 unspecified atom stereocenters. The number of nitrogens with one attached hydrogen (secondary N) is 1. The van der Waals surface area contributed by atoms with Gasteiger partial charge >= 0.3 is 12.0 Å². The summed E-state index contributed by atoms with van der Waals surface area (Å²) < 4.78 is 0. The van der Waals surface area contributed by atoms with Gasteiger partial charge in [0.05, 0.1) is 0 Å². The highest BCUT2D eigenvalue weighted by Gasteiger charge is 2.23. The fraction of sp³-hybridized carbons (Fsp3) is 0.600. The maximum absolute atomic E-state index is 11.7. The molecule has 0 aromatic rings. The predicted octanol–water partition coefficient (Wildman–Crippen LogP) is -1.78. The molecular weight excluding hydrogens is 256 g/mol. The maximum atomic E-state index is 11.7. The van der Waals surface area contributed by atoms with Crippen LogP contribution in [0.2, 0.25) is 0 Å². The summed E-state index contributed by atoms with van der Waals surface area (Å²) in [5, 5.41) is 11.1. The quantitative estimate of drug-likeness (QED) is 0.411. The number of primary amides is 2.